The summed E-state index contributed by atoms with van der Waals surface area (Å²) in [4.78, 5) is 12.0. The summed E-state index contributed by atoms with van der Waals surface area (Å²) < 4.78 is 11.9. The second-order valence-corrected chi connectivity index (χ2v) is 9.38. The fraction of sp³-hybridized carbons (Fsp3) is 0.455. The number of aliphatic imine (C=N–C) groups is 1. The molecule has 0 unspecified atom stereocenters. The van der Waals surface area contributed by atoms with Gasteiger partial charge in [0.25, 0.3) is 0 Å². The van der Waals surface area contributed by atoms with Crippen molar-refractivity contribution in [1.82, 2.24) is 9.88 Å². The van der Waals surface area contributed by atoms with Crippen molar-refractivity contribution in [1.29, 1.82) is 0 Å². The first-order valence-electron chi connectivity index (χ1n) is 10.0. The number of aromatic nitrogens is 1. The van der Waals surface area contributed by atoms with Crippen LogP contribution in [0.25, 0.3) is 0 Å². The van der Waals surface area contributed by atoms with Gasteiger partial charge in [0, 0.05) is 18.0 Å². The van der Waals surface area contributed by atoms with Gasteiger partial charge in [-0.3, -0.25) is 9.98 Å². The zero-order valence-corrected chi connectivity index (χ0v) is 18.7. The number of thioether (sulfide) groups is 1. The first-order valence-corrected chi connectivity index (χ1v) is 11.3. The first kappa shape index (κ1) is 20.4. The van der Waals surface area contributed by atoms with Crippen molar-refractivity contribution >= 4 is 28.5 Å². The van der Waals surface area contributed by atoms with Crippen molar-refractivity contribution in [2.24, 2.45) is 4.99 Å². The molecule has 0 aliphatic carbocycles. The number of ether oxygens (including phenoxy) is 2. The van der Waals surface area contributed by atoms with Crippen LogP contribution in [0.3, 0.4) is 0 Å². The summed E-state index contributed by atoms with van der Waals surface area (Å²) in [6, 6.07) is 9.99. The van der Waals surface area contributed by atoms with Gasteiger partial charge >= 0.3 is 0 Å². The molecule has 0 spiro atoms. The lowest BCUT2D eigenvalue weighted by atomic mass is 9.96. The molecule has 3 atom stereocenters. The van der Waals surface area contributed by atoms with E-state index in [1.807, 2.05) is 63.0 Å². The van der Waals surface area contributed by atoms with E-state index in [2.05, 4.69) is 22.9 Å². The summed E-state index contributed by atoms with van der Waals surface area (Å²) in [6.45, 7) is 9.65. The second-order valence-electron chi connectivity index (χ2n) is 7.57. The lowest BCUT2D eigenvalue weighted by molar-refractivity contribution is 0.223. The van der Waals surface area contributed by atoms with E-state index in [1.54, 1.807) is 0 Å². The zero-order chi connectivity index (χ0) is 20.5. The van der Waals surface area contributed by atoms with E-state index in [9.17, 15) is 0 Å². The summed E-state index contributed by atoms with van der Waals surface area (Å²) in [7, 11) is 0. The van der Waals surface area contributed by atoms with Gasteiger partial charge < -0.3 is 14.4 Å². The molecule has 0 N–H and O–H groups in total. The molecular formula is C22H26ClN3O2S. The first-order chi connectivity index (χ1) is 14.0. The van der Waals surface area contributed by atoms with E-state index >= 15 is 0 Å². The van der Waals surface area contributed by atoms with Crippen LogP contribution in [0.1, 0.15) is 51.0 Å². The third-order valence-corrected chi connectivity index (χ3v) is 6.29. The molecule has 29 heavy (non-hydrogen) atoms. The molecule has 5 nitrogen and oxygen atoms in total. The monoisotopic (exact) mass is 431 g/mol. The number of pyridine rings is 1. The minimum Gasteiger partial charge on any atom is -0.490 e. The summed E-state index contributed by atoms with van der Waals surface area (Å²) in [6.07, 6.45) is 1.83. The fourth-order valence-electron chi connectivity index (χ4n) is 3.85. The molecule has 2 aromatic rings. The lowest BCUT2D eigenvalue weighted by Gasteiger charge is -2.28. The van der Waals surface area contributed by atoms with Crippen LogP contribution in [-0.2, 0) is 0 Å². The number of rotatable bonds is 6. The maximum absolute atomic E-state index is 6.68. The third-order valence-electron chi connectivity index (χ3n) is 4.91. The molecule has 1 fully saturated rings. The molecule has 1 saturated heterocycles. The van der Waals surface area contributed by atoms with Crippen LogP contribution in [0, 0.1) is 0 Å². The number of hydrogen-bond donors (Lipinski definition) is 0. The van der Waals surface area contributed by atoms with Gasteiger partial charge in [0.15, 0.2) is 16.7 Å². The van der Waals surface area contributed by atoms with Crippen molar-refractivity contribution < 1.29 is 9.47 Å². The third kappa shape index (κ3) is 4.05. The molecule has 154 valence electrons. The van der Waals surface area contributed by atoms with Gasteiger partial charge in [-0.15, -0.1) is 0 Å². The van der Waals surface area contributed by atoms with Gasteiger partial charge in [0.1, 0.15) is 6.04 Å². The standard InChI is InChI=1S/C22H26ClN3O2S/c1-5-27-18-11-15(10-16(23)21(18)28-13(2)3)20-19(17-8-6-7-9-24-17)25-22-26(20)12-14(4)29-22/h6-11,13-14,19-20H,5,12H2,1-4H3/t14-,19+,20-/m1/s1. The number of halogens is 1. The predicted octanol–water partition coefficient (Wildman–Crippen LogP) is 5.51. The van der Waals surface area contributed by atoms with E-state index in [0.717, 1.165) is 23.0 Å². The van der Waals surface area contributed by atoms with Gasteiger partial charge in [0.05, 0.1) is 29.5 Å². The normalized spacial score (nSPS) is 23.3. The molecular weight excluding hydrogens is 406 g/mol. The molecule has 0 bridgehead atoms. The number of benzene rings is 1. The molecule has 2 aliphatic heterocycles. The second kappa shape index (κ2) is 8.44. The van der Waals surface area contributed by atoms with Crippen LogP contribution in [0.5, 0.6) is 11.5 Å². The maximum atomic E-state index is 6.68. The summed E-state index contributed by atoms with van der Waals surface area (Å²) >= 11 is 8.50. The van der Waals surface area contributed by atoms with Crippen LogP contribution in [0.2, 0.25) is 5.02 Å². The minimum atomic E-state index is -0.0754. The van der Waals surface area contributed by atoms with Crippen molar-refractivity contribution in [3.63, 3.8) is 0 Å². The predicted molar refractivity (Wildman–Crippen MR) is 119 cm³/mol. The smallest absolute Gasteiger partial charge is 0.180 e. The van der Waals surface area contributed by atoms with Crippen molar-refractivity contribution in [2.75, 3.05) is 13.2 Å². The summed E-state index contributed by atoms with van der Waals surface area (Å²) in [5.41, 5.74) is 2.03. The zero-order valence-electron chi connectivity index (χ0n) is 17.1. The summed E-state index contributed by atoms with van der Waals surface area (Å²) in [5.74, 6) is 1.28. The van der Waals surface area contributed by atoms with Gasteiger partial charge in [-0.1, -0.05) is 36.4 Å². The van der Waals surface area contributed by atoms with Crippen LogP contribution in [0.4, 0.5) is 0 Å². The minimum absolute atomic E-state index is 0.0103. The largest absolute Gasteiger partial charge is 0.490 e. The Hall–Kier alpha value is -1.92. The van der Waals surface area contributed by atoms with Crippen molar-refractivity contribution in [3.05, 3.63) is 52.8 Å². The highest BCUT2D eigenvalue weighted by molar-refractivity contribution is 8.14. The van der Waals surface area contributed by atoms with E-state index in [-0.39, 0.29) is 18.2 Å². The molecule has 1 aromatic carbocycles. The van der Waals surface area contributed by atoms with Crippen molar-refractivity contribution in [2.45, 2.75) is 51.1 Å². The molecule has 0 saturated carbocycles. The molecule has 1 aromatic heterocycles. The Kier molecular flexibility index (Phi) is 5.93. The van der Waals surface area contributed by atoms with Gasteiger partial charge in [-0.05, 0) is 50.6 Å². The Bertz CT molecular complexity index is 906. The molecule has 0 amide bonds. The molecule has 7 heteroatoms. The van der Waals surface area contributed by atoms with Crippen LogP contribution < -0.4 is 9.47 Å². The van der Waals surface area contributed by atoms with Crippen LogP contribution >= 0.6 is 23.4 Å². The molecule has 4 rings (SSSR count). The van der Waals surface area contributed by atoms with Gasteiger partial charge in [-0.2, -0.15) is 0 Å². The molecule has 0 radical (unpaired) electrons. The number of fused-ring (bicyclic) bond motifs is 1. The number of nitrogens with zero attached hydrogens (tertiary/aromatic N) is 3. The molecule has 3 heterocycles. The van der Waals surface area contributed by atoms with E-state index in [0.29, 0.717) is 28.4 Å². The van der Waals surface area contributed by atoms with Gasteiger partial charge in [0.2, 0.25) is 0 Å². The Morgan fingerprint density at radius 1 is 1.31 bits per heavy atom. The summed E-state index contributed by atoms with van der Waals surface area (Å²) in [5, 5.41) is 2.15. The number of hydrogen-bond acceptors (Lipinski definition) is 6. The molecule has 2 aliphatic rings. The Balaban J connectivity index is 1.78. The lowest BCUT2D eigenvalue weighted by Crippen LogP contribution is -2.28. The van der Waals surface area contributed by atoms with Crippen LogP contribution in [-0.4, -0.2) is 39.6 Å². The average molecular weight is 432 g/mol. The Labute approximate surface area is 181 Å². The van der Waals surface area contributed by atoms with Crippen LogP contribution in [0.15, 0.2) is 41.5 Å². The SMILES string of the molecule is CCOc1cc([C@@H]2[C@H](c3ccccn3)N=C3S[C@H](C)CN32)cc(Cl)c1OC(C)C. The quantitative estimate of drug-likeness (QED) is 0.603. The topological polar surface area (TPSA) is 47.0 Å². The highest BCUT2D eigenvalue weighted by atomic mass is 35.5. The van der Waals surface area contributed by atoms with Crippen molar-refractivity contribution in [3.8, 4) is 11.5 Å². The van der Waals surface area contributed by atoms with E-state index in [4.69, 9.17) is 26.1 Å². The van der Waals surface area contributed by atoms with Gasteiger partial charge in [-0.25, -0.2) is 0 Å². The average Bonchev–Trinajstić information content (AvgIpc) is 3.21. The highest BCUT2D eigenvalue weighted by Gasteiger charge is 2.44. The fourth-order valence-corrected chi connectivity index (χ4v) is 5.21. The van der Waals surface area contributed by atoms with E-state index in [1.165, 1.54) is 0 Å². The highest BCUT2D eigenvalue weighted by Crippen LogP contribution is 2.50. The number of amidine groups is 1. The van der Waals surface area contributed by atoms with E-state index < -0.39 is 0 Å². The maximum Gasteiger partial charge on any atom is 0.180 e. The Morgan fingerprint density at radius 3 is 2.83 bits per heavy atom. The Morgan fingerprint density at radius 2 is 2.14 bits per heavy atom.